The summed E-state index contributed by atoms with van der Waals surface area (Å²) < 4.78 is 1.69. The number of nitrogens with one attached hydrogen (secondary N) is 1. The average Bonchev–Trinajstić information content (AvgIpc) is 2.77. The van der Waals surface area contributed by atoms with Gasteiger partial charge in [0.15, 0.2) is 5.65 Å². The minimum atomic E-state index is -0.193. The molecular formula is C17H17ClN4O. The first-order valence-corrected chi connectivity index (χ1v) is 7.63. The van der Waals surface area contributed by atoms with Crippen LogP contribution in [0, 0.1) is 20.8 Å². The molecular weight excluding hydrogens is 312 g/mol. The Morgan fingerprint density at radius 2 is 1.96 bits per heavy atom. The Morgan fingerprint density at radius 1 is 1.22 bits per heavy atom. The Hall–Kier alpha value is -2.40. The van der Waals surface area contributed by atoms with Crippen molar-refractivity contribution < 1.29 is 4.79 Å². The third kappa shape index (κ3) is 2.80. The van der Waals surface area contributed by atoms with Gasteiger partial charge in [-0.25, -0.2) is 4.98 Å². The number of amides is 1. The van der Waals surface area contributed by atoms with Gasteiger partial charge in [0.25, 0.3) is 5.91 Å². The molecule has 1 amide bonds. The van der Waals surface area contributed by atoms with Crippen LogP contribution < -0.4 is 5.32 Å². The third-order valence-electron chi connectivity index (χ3n) is 3.79. The van der Waals surface area contributed by atoms with Gasteiger partial charge in [0, 0.05) is 23.5 Å². The molecule has 0 spiro atoms. The van der Waals surface area contributed by atoms with Crippen LogP contribution >= 0.6 is 11.6 Å². The van der Waals surface area contributed by atoms with E-state index < -0.39 is 0 Å². The van der Waals surface area contributed by atoms with Gasteiger partial charge >= 0.3 is 0 Å². The number of carbonyl (C=O) groups is 1. The van der Waals surface area contributed by atoms with E-state index in [1.165, 1.54) is 0 Å². The van der Waals surface area contributed by atoms with Gasteiger partial charge in [-0.1, -0.05) is 17.7 Å². The summed E-state index contributed by atoms with van der Waals surface area (Å²) in [5, 5.41) is 8.66. The summed E-state index contributed by atoms with van der Waals surface area (Å²) >= 11 is 6.02. The van der Waals surface area contributed by atoms with Crippen LogP contribution in [0.3, 0.4) is 0 Å². The smallest absolute Gasteiger partial charge is 0.256 e. The van der Waals surface area contributed by atoms with Crippen molar-refractivity contribution >= 4 is 34.2 Å². The number of halogens is 1. The van der Waals surface area contributed by atoms with Gasteiger partial charge in [-0.2, -0.15) is 5.10 Å². The summed E-state index contributed by atoms with van der Waals surface area (Å²) in [4.78, 5) is 17.3. The summed E-state index contributed by atoms with van der Waals surface area (Å²) in [5.74, 6) is -0.193. The van der Waals surface area contributed by atoms with Crippen molar-refractivity contribution in [3.8, 4) is 0 Å². The van der Waals surface area contributed by atoms with E-state index in [9.17, 15) is 4.79 Å². The maximum Gasteiger partial charge on any atom is 0.256 e. The number of rotatable bonds is 2. The highest BCUT2D eigenvalue weighted by Gasteiger charge is 2.18. The second kappa shape index (κ2) is 5.66. The fourth-order valence-electron chi connectivity index (χ4n) is 2.67. The van der Waals surface area contributed by atoms with Crippen LogP contribution in [0.15, 0.2) is 24.3 Å². The summed E-state index contributed by atoms with van der Waals surface area (Å²) in [7, 11) is 1.82. The van der Waals surface area contributed by atoms with E-state index in [2.05, 4.69) is 15.4 Å². The van der Waals surface area contributed by atoms with Gasteiger partial charge in [-0.15, -0.1) is 0 Å². The van der Waals surface area contributed by atoms with Crippen LogP contribution in [0.2, 0.25) is 5.02 Å². The maximum atomic E-state index is 12.8. The molecule has 2 aromatic heterocycles. The first-order chi connectivity index (χ1) is 10.9. The predicted octanol–water partition coefficient (Wildman–Crippen LogP) is 3.80. The molecule has 3 rings (SSSR count). The van der Waals surface area contributed by atoms with Gasteiger partial charge in [0.1, 0.15) is 0 Å². The van der Waals surface area contributed by atoms with Crippen molar-refractivity contribution in [3.63, 3.8) is 0 Å². The van der Waals surface area contributed by atoms with Crippen LogP contribution in [0.1, 0.15) is 27.3 Å². The highest BCUT2D eigenvalue weighted by molar-refractivity contribution is 6.31. The molecule has 118 valence electrons. The topological polar surface area (TPSA) is 59.8 Å². The molecule has 0 aliphatic heterocycles. The fourth-order valence-corrected chi connectivity index (χ4v) is 2.84. The van der Waals surface area contributed by atoms with Crippen molar-refractivity contribution in [2.24, 2.45) is 7.05 Å². The highest BCUT2D eigenvalue weighted by atomic mass is 35.5. The lowest BCUT2D eigenvalue weighted by Crippen LogP contribution is -2.14. The number of anilines is 1. The van der Waals surface area contributed by atoms with E-state index in [0.717, 1.165) is 22.3 Å². The summed E-state index contributed by atoms with van der Waals surface area (Å²) in [6, 6.07) is 7.20. The number of benzene rings is 1. The van der Waals surface area contributed by atoms with Crippen LogP contribution in [-0.2, 0) is 7.05 Å². The number of fused-ring (bicyclic) bond motifs is 1. The summed E-state index contributed by atoms with van der Waals surface area (Å²) in [6.07, 6.45) is 0. The van der Waals surface area contributed by atoms with E-state index in [1.807, 2.05) is 33.9 Å². The molecule has 1 N–H and O–H groups in total. The molecule has 0 fully saturated rings. The molecule has 5 nitrogen and oxygen atoms in total. The lowest BCUT2D eigenvalue weighted by molar-refractivity contribution is 0.102. The van der Waals surface area contributed by atoms with Crippen LogP contribution in [0.4, 0.5) is 5.69 Å². The van der Waals surface area contributed by atoms with Crippen LogP contribution in [0.5, 0.6) is 0 Å². The Kier molecular flexibility index (Phi) is 3.82. The van der Waals surface area contributed by atoms with Crippen molar-refractivity contribution in [2.75, 3.05) is 5.32 Å². The van der Waals surface area contributed by atoms with Crippen molar-refractivity contribution in [1.82, 2.24) is 14.8 Å². The van der Waals surface area contributed by atoms with Gasteiger partial charge < -0.3 is 5.32 Å². The highest BCUT2D eigenvalue weighted by Crippen LogP contribution is 2.25. The fraction of sp³-hybridized carbons (Fsp3) is 0.235. The molecule has 0 unspecified atom stereocenters. The predicted molar refractivity (Wildman–Crippen MR) is 92.1 cm³/mol. The van der Waals surface area contributed by atoms with Gasteiger partial charge in [0.2, 0.25) is 0 Å². The Bertz CT molecular complexity index is 930. The minimum absolute atomic E-state index is 0.193. The van der Waals surface area contributed by atoms with Crippen molar-refractivity contribution in [1.29, 1.82) is 0 Å². The zero-order valence-corrected chi connectivity index (χ0v) is 14.2. The average molecular weight is 329 g/mol. The normalized spacial score (nSPS) is 11.0. The maximum absolute atomic E-state index is 12.8. The van der Waals surface area contributed by atoms with Crippen molar-refractivity contribution in [2.45, 2.75) is 20.8 Å². The van der Waals surface area contributed by atoms with E-state index in [1.54, 1.807) is 22.9 Å². The van der Waals surface area contributed by atoms with Crippen molar-refractivity contribution in [3.05, 3.63) is 51.8 Å². The molecule has 2 heterocycles. The number of hydrogen-bond acceptors (Lipinski definition) is 3. The molecule has 0 saturated heterocycles. The zero-order chi connectivity index (χ0) is 16.7. The molecule has 0 aliphatic carbocycles. The molecule has 1 aromatic carbocycles. The molecule has 0 atom stereocenters. The van der Waals surface area contributed by atoms with E-state index >= 15 is 0 Å². The first-order valence-electron chi connectivity index (χ1n) is 7.25. The number of nitrogens with zero attached hydrogens (tertiary/aromatic N) is 3. The quantitative estimate of drug-likeness (QED) is 0.778. The molecule has 0 saturated carbocycles. The lowest BCUT2D eigenvalue weighted by Gasteiger charge is -2.10. The molecule has 23 heavy (non-hydrogen) atoms. The molecule has 0 bridgehead atoms. The van der Waals surface area contributed by atoms with Crippen LogP contribution in [0.25, 0.3) is 11.0 Å². The number of hydrogen-bond donors (Lipinski definition) is 1. The standard InChI is InChI=1S/C17H17ClN4O/c1-9-5-6-12(18)8-14(9)20-17(23)13-7-10(2)19-16-15(13)11(3)21-22(16)4/h5-8H,1-4H3,(H,20,23). The van der Waals surface area contributed by atoms with Crippen LogP contribution in [-0.4, -0.2) is 20.7 Å². The van der Waals surface area contributed by atoms with E-state index in [0.29, 0.717) is 21.9 Å². The van der Waals surface area contributed by atoms with Gasteiger partial charge in [0.05, 0.1) is 16.6 Å². The SMILES string of the molecule is Cc1cc(C(=O)Nc2cc(Cl)ccc2C)c2c(C)nn(C)c2n1. The third-order valence-corrected chi connectivity index (χ3v) is 4.02. The zero-order valence-electron chi connectivity index (χ0n) is 13.4. The number of carbonyl (C=O) groups excluding carboxylic acids is 1. The molecule has 6 heteroatoms. The van der Waals surface area contributed by atoms with Gasteiger partial charge in [-0.05, 0) is 44.5 Å². The minimum Gasteiger partial charge on any atom is -0.322 e. The van der Waals surface area contributed by atoms with E-state index in [4.69, 9.17) is 11.6 Å². The second-order valence-electron chi connectivity index (χ2n) is 5.63. The largest absolute Gasteiger partial charge is 0.322 e. The van der Waals surface area contributed by atoms with E-state index in [-0.39, 0.29) is 5.91 Å². The summed E-state index contributed by atoms with van der Waals surface area (Å²) in [6.45, 7) is 5.67. The van der Waals surface area contributed by atoms with Gasteiger partial charge in [-0.3, -0.25) is 9.48 Å². The molecule has 0 aliphatic rings. The monoisotopic (exact) mass is 328 g/mol. The first kappa shape index (κ1) is 15.5. The number of aromatic nitrogens is 3. The number of aryl methyl sites for hydroxylation is 4. The molecule has 0 radical (unpaired) electrons. The second-order valence-corrected chi connectivity index (χ2v) is 6.07. The Labute approximate surface area is 139 Å². The lowest BCUT2D eigenvalue weighted by atomic mass is 10.1. The molecule has 3 aromatic rings. The summed E-state index contributed by atoms with van der Waals surface area (Å²) in [5.41, 5.74) is 4.48. The Morgan fingerprint density at radius 3 is 2.70 bits per heavy atom. The Balaban J connectivity index is 2.09. The number of pyridine rings is 1.